The van der Waals surface area contributed by atoms with Crippen molar-refractivity contribution >= 4 is 40.6 Å². The predicted molar refractivity (Wildman–Crippen MR) is 94.4 cm³/mol. The van der Waals surface area contributed by atoms with Crippen LogP contribution in [-0.4, -0.2) is 16.0 Å². The lowest BCUT2D eigenvalue weighted by atomic mass is 10.1. The zero-order chi connectivity index (χ0) is 18.9. The summed E-state index contributed by atoms with van der Waals surface area (Å²) in [5, 5.41) is 0.119. The summed E-state index contributed by atoms with van der Waals surface area (Å²) in [7, 11) is 0. The Hall–Kier alpha value is -2.25. The smallest absolute Gasteiger partial charge is 0.268 e. The van der Waals surface area contributed by atoms with E-state index in [0.29, 0.717) is 10.6 Å². The van der Waals surface area contributed by atoms with Crippen LogP contribution in [0.3, 0.4) is 0 Å². The summed E-state index contributed by atoms with van der Waals surface area (Å²) in [6, 6.07) is 11.1. The van der Waals surface area contributed by atoms with Crippen LogP contribution in [0.1, 0.15) is 16.7 Å². The first-order chi connectivity index (χ1) is 12.2. The van der Waals surface area contributed by atoms with Crippen LogP contribution in [-0.2, 0) is 17.5 Å². The number of carbonyl (C=O) groups is 2. The van der Waals surface area contributed by atoms with Crippen LogP contribution in [0.25, 0.3) is 6.08 Å². The van der Waals surface area contributed by atoms with Gasteiger partial charge in [0.05, 0.1) is 17.0 Å². The van der Waals surface area contributed by atoms with Gasteiger partial charge in [0.2, 0.25) is 0 Å². The van der Waals surface area contributed by atoms with E-state index in [-0.39, 0.29) is 11.4 Å². The molecule has 0 radical (unpaired) electrons. The first kappa shape index (κ1) is 18.5. The summed E-state index contributed by atoms with van der Waals surface area (Å²) in [5.74, 6) is -0.477. The Kier molecular flexibility index (Phi) is 5.11. The Labute approximate surface area is 156 Å². The van der Waals surface area contributed by atoms with Gasteiger partial charge in [0.1, 0.15) is 0 Å². The van der Waals surface area contributed by atoms with Crippen LogP contribution >= 0.6 is 23.4 Å². The molecule has 1 aliphatic rings. The molecule has 2 amide bonds. The van der Waals surface area contributed by atoms with Crippen molar-refractivity contribution in [2.45, 2.75) is 12.7 Å². The number of amides is 2. The summed E-state index contributed by atoms with van der Waals surface area (Å²) in [5.41, 5.74) is 0.382. The summed E-state index contributed by atoms with van der Waals surface area (Å²) < 4.78 is 37.8. The number of imide groups is 1. The van der Waals surface area contributed by atoms with Crippen LogP contribution in [0.2, 0.25) is 5.02 Å². The van der Waals surface area contributed by atoms with Crippen molar-refractivity contribution in [3.63, 3.8) is 0 Å². The molecule has 0 saturated carbocycles. The fourth-order valence-corrected chi connectivity index (χ4v) is 3.29. The molecular formula is C18H11ClF3NO2S. The molecule has 0 atom stereocenters. The van der Waals surface area contributed by atoms with Crippen molar-refractivity contribution in [1.29, 1.82) is 0 Å². The van der Waals surface area contributed by atoms with Gasteiger partial charge in [-0.1, -0.05) is 35.9 Å². The maximum Gasteiger partial charge on any atom is 0.416 e. The Morgan fingerprint density at radius 3 is 2.19 bits per heavy atom. The second kappa shape index (κ2) is 7.17. The van der Waals surface area contributed by atoms with Gasteiger partial charge in [0.15, 0.2) is 0 Å². The molecule has 3 rings (SSSR count). The van der Waals surface area contributed by atoms with Gasteiger partial charge in [-0.15, -0.1) is 0 Å². The lowest BCUT2D eigenvalue weighted by molar-refractivity contribution is -0.137. The number of rotatable bonds is 3. The molecule has 1 heterocycles. The summed E-state index contributed by atoms with van der Waals surface area (Å²) in [6.07, 6.45) is -3.01. The third kappa shape index (κ3) is 4.11. The van der Waals surface area contributed by atoms with Crippen LogP contribution in [0, 0.1) is 0 Å². The van der Waals surface area contributed by atoms with Crippen molar-refractivity contribution in [2.24, 2.45) is 0 Å². The highest BCUT2D eigenvalue weighted by atomic mass is 35.5. The van der Waals surface area contributed by atoms with Gasteiger partial charge in [0, 0.05) is 5.02 Å². The fourth-order valence-electron chi connectivity index (χ4n) is 2.33. The average Bonchev–Trinajstić information content (AvgIpc) is 2.84. The standard InChI is InChI=1S/C18H11ClF3NO2S/c19-14-7-3-12(4-8-14)10-23-16(24)15(26-17(23)25)9-11-1-5-13(6-2-11)18(20,21)22/h1-9H,10H2/b15-9-. The van der Waals surface area contributed by atoms with Gasteiger partial charge in [-0.3, -0.25) is 14.5 Å². The number of benzene rings is 2. The second-order valence-corrected chi connectivity index (χ2v) is 6.94. The normalized spacial score (nSPS) is 16.6. The van der Waals surface area contributed by atoms with E-state index >= 15 is 0 Å². The molecule has 1 saturated heterocycles. The predicted octanol–water partition coefficient (Wildman–Crippen LogP) is 5.60. The largest absolute Gasteiger partial charge is 0.416 e. The third-order valence-electron chi connectivity index (χ3n) is 3.66. The van der Waals surface area contributed by atoms with E-state index < -0.39 is 22.9 Å². The van der Waals surface area contributed by atoms with E-state index in [2.05, 4.69) is 0 Å². The number of nitrogens with zero attached hydrogens (tertiary/aromatic N) is 1. The second-order valence-electron chi connectivity index (χ2n) is 5.51. The van der Waals surface area contributed by atoms with Gasteiger partial charge in [-0.25, -0.2) is 0 Å². The molecule has 2 aromatic rings. The van der Waals surface area contributed by atoms with Crippen molar-refractivity contribution in [2.75, 3.05) is 0 Å². The van der Waals surface area contributed by atoms with Crippen molar-refractivity contribution in [3.05, 3.63) is 75.1 Å². The summed E-state index contributed by atoms with van der Waals surface area (Å²) >= 11 is 6.57. The molecule has 1 fully saturated rings. The number of halogens is 4. The van der Waals surface area contributed by atoms with E-state index in [0.717, 1.165) is 34.4 Å². The number of thioether (sulfide) groups is 1. The summed E-state index contributed by atoms with van der Waals surface area (Å²) in [6.45, 7) is 0.103. The quantitative estimate of drug-likeness (QED) is 0.633. The first-order valence-electron chi connectivity index (χ1n) is 7.41. The van der Waals surface area contributed by atoms with Crippen molar-refractivity contribution in [3.8, 4) is 0 Å². The van der Waals surface area contributed by atoms with E-state index in [1.54, 1.807) is 24.3 Å². The summed E-state index contributed by atoms with van der Waals surface area (Å²) in [4.78, 5) is 25.8. The number of alkyl halides is 3. The van der Waals surface area contributed by atoms with E-state index in [1.165, 1.54) is 18.2 Å². The average molecular weight is 398 g/mol. The molecule has 0 spiro atoms. The van der Waals surface area contributed by atoms with Crippen molar-refractivity contribution in [1.82, 2.24) is 4.90 Å². The number of carbonyl (C=O) groups excluding carboxylic acids is 2. The monoisotopic (exact) mass is 397 g/mol. The zero-order valence-electron chi connectivity index (χ0n) is 13.1. The fraction of sp³-hybridized carbons (Fsp3) is 0.111. The van der Waals surface area contributed by atoms with Gasteiger partial charge in [-0.2, -0.15) is 13.2 Å². The lowest BCUT2D eigenvalue weighted by Gasteiger charge is -2.12. The highest BCUT2D eigenvalue weighted by molar-refractivity contribution is 8.18. The highest BCUT2D eigenvalue weighted by Crippen LogP contribution is 2.34. The molecule has 134 valence electrons. The minimum Gasteiger partial charge on any atom is -0.268 e. The molecule has 0 aliphatic carbocycles. The molecule has 26 heavy (non-hydrogen) atoms. The SMILES string of the molecule is O=C1S/C(=C\c2ccc(C(F)(F)F)cc2)C(=O)N1Cc1ccc(Cl)cc1. The molecular weight excluding hydrogens is 387 g/mol. The third-order valence-corrected chi connectivity index (χ3v) is 4.82. The van der Waals surface area contributed by atoms with Crippen LogP contribution in [0.5, 0.6) is 0 Å². The minimum atomic E-state index is -4.42. The molecule has 3 nitrogen and oxygen atoms in total. The van der Waals surface area contributed by atoms with Crippen LogP contribution in [0.4, 0.5) is 18.0 Å². The van der Waals surface area contributed by atoms with E-state index in [9.17, 15) is 22.8 Å². The van der Waals surface area contributed by atoms with Crippen LogP contribution < -0.4 is 0 Å². The molecule has 1 aliphatic heterocycles. The van der Waals surface area contributed by atoms with Crippen molar-refractivity contribution < 1.29 is 22.8 Å². The maximum absolute atomic E-state index is 12.6. The number of hydrogen-bond donors (Lipinski definition) is 0. The highest BCUT2D eigenvalue weighted by Gasteiger charge is 2.35. The minimum absolute atomic E-state index is 0.103. The van der Waals surface area contributed by atoms with Gasteiger partial charge >= 0.3 is 6.18 Å². The van der Waals surface area contributed by atoms with Crippen LogP contribution in [0.15, 0.2) is 53.4 Å². The Morgan fingerprint density at radius 1 is 1.00 bits per heavy atom. The first-order valence-corrected chi connectivity index (χ1v) is 8.60. The molecule has 0 unspecified atom stereocenters. The molecule has 0 N–H and O–H groups in total. The lowest BCUT2D eigenvalue weighted by Crippen LogP contribution is -2.27. The van der Waals surface area contributed by atoms with Gasteiger partial charge < -0.3 is 0 Å². The van der Waals surface area contributed by atoms with Gasteiger partial charge in [0.25, 0.3) is 11.1 Å². The maximum atomic E-state index is 12.6. The van der Waals surface area contributed by atoms with E-state index in [1.807, 2.05) is 0 Å². The molecule has 0 bridgehead atoms. The molecule has 2 aromatic carbocycles. The zero-order valence-corrected chi connectivity index (χ0v) is 14.7. The topological polar surface area (TPSA) is 37.4 Å². The molecule has 0 aromatic heterocycles. The van der Waals surface area contributed by atoms with Gasteiger partial charge in [-0.05, 0) is 53.2 Å². The molecule has 8 heteroatoms. The Bertz CT molecular complexity index is 877. The Balaban J connectivity index is 1.77. The number of hydrogen-bond acceptors (Lipinski definition) is 3. The van der Waals surface area contributed by atoms with E-state index in [4.69, 9.17) is 11.6 Å². The Morgan fingerprint density at radius 2 is 1.62 bits per heavy atom.